The van der Waals surface area contributed by atoms with Gasteiger partial charge < -0.3 is 20.1 Å². The quantitative estimate of drug-likeness (QED) is 0.469. The van der Waals surface area contributed by atoms with Gasteiger partial charge in [0.2, 0.25) is 0 Å². The van der Waals surface area contributed by atoms with E-state index in [1.807, 2.05) is 6.92 Å². The molecule has 0 radical (unpaired) electrons. The van der Waals surface area contributed by atoms with Crippen LogP contribution in [0.4, 0.5) is 5.69 Å². The van der Waals surface area contributed by atoms with Crippen molar-refractivity contribution in [2.45, 2.75) is 32.4 Å². The van der Waals surface area contributed by atoms with Gasteiger partial charge in [0.05, 0.1) is 11.1 Å². The average molecular weight is 299 g/mol. The van der Waals surface area contributed by atoms with Crippen molar-refractivity contribution < 1.29 is 24.7 Å². The molecule has 21 heavy (non-hydrogen) atoms. The van der Waals surface area contributed by atoms with Crippen LogP contribution in [0.2, 0.25) is 0 Å². The van der Waals surface area contributed by atoms with Crippen LogP contribution in [0.1, 0.15) is 30.3 Å². The van der Waals surface area contributed by atoms with Crippen LogP contribution in [0.3, 0.4) is 0 Å². The molecule has 0 aliphatic heterocycles. The number of carbonyl (C=O) groups is 2. The first-order valence-corrected chi connectivity index (χ1v) is 6.39. The van der Waals surface area contributed by atoms with Crippen molar-refractivity contribution in [3.63, 3.8) is 0 Å². The van der Waals surface area contributed by atoms with Gasteiger partial charge in [-0.2, -0.15) is 0 Å². The van der Waals surface area contributed by atoms with E-state index < -0.39 is 29.4 Å². The number of hydrogen-bond donors (Lipinski definition) is 3. The van der Waals surface area contributed by atoms with Crippen molar-refractivity contribution in [1.29, 1.82) is 0 Å². The summed E-state index contributed by atoms with van der Waals surface area (Å²) in [6.45, 7) is 1.85. The molecule has 9 heteroatoms. The lowest BCUT2D eigenvalue weighted by Gasteiger charge is -2.14. The Kier molecular flexibility index (Phi) is 5.85. The molecule has 0 fully saturated rings. The minimum Gasteiger partial charge on any atom is -0.480 e. The number of carboxylic acid groups (broad SMARTS) is 1. The second-order valence-corrected chi connectivity index (χ2v) is 4.41. The summed E-state index contributed by atoms with van der Waals surface area (Å²) in [5.41, 5.74) is -0.213. The summed E-state index contributed by atoms with van der Waals surface area (Å²) in [6.07, 6.45) is 1.75. The summed E-state index contributed by atoms with van der Waals surface area (Å²) in [7, 11) is 0. The number of nitrogens with zero attached hydrogens (tertiary/aromatic N) is 2. The van der Waals surface area contributed by atoms with Crippen LogP contribution in [0.25, 0.3) is 0 Å². The van der Waals surface area contributed by atoms with Gasteiger partial charge in [0.25, 0.3) is 11.6 Å². The number of nitrogens with one attached hydrogen (secondary N) is 1. The molecule has 9 nitrogen and oxygen atoms in total. The smallest absolute Gasteiger partial charge is 0.326 e. The Hall–Kier alpha value is -2.42. The van der Waals surface area contributed by atoms with Crippen LogP contribution < -0.4 is 5.32 Å². The van der Waals surface area contributed by atoms with E-state index in [0.29, 0.717) is 13.0 Å². The van der Waals surface area contributed by atoms with E-state index in [1.54, 1.807) is 0 Å². The van der Waals surface area contributed by atoms with Crippen molar-refractivity contribution in [2.75, 3.05) is 6.61 Å². The maximum absolute atomic E-state index is 12.1. The SMILES string of the molecule is CCCn1cc([N+](=O)[O-])cc1C(=O)N[C@H](CCO)C(=O)O. The Labute approximate surface area is 120 Å². The van der Waals surface area contributed by atoms with Crippen LogP contribution in [0.15, 0.2) is 12.3 Å². The van der Waals surface area contributed by atoms with Gasteiger partial charge in [0.15, 0.2) is 0 Å². The number of nitro groups is 1. The third-order valence-corrected chi connectivity index (χ3v) is 2.81. The van der Waals surface area contributed by atoms with Gasteiger partial charge in [-0.05, 0) is 6.42 Å². The number of rotatable bonds is 8. The van der Waals surface area contributed by atoms with Crippen LogP contribution in [-0.4, -0.2) is 44.2 Å². The lowest BCUT2D eigenvalue weighted by molar-refractivity contribution is -0.384. The van der Waals surface area contributed by atoms with Crippen LogP contribution in [-0.2, 0) is 11.3 Å². The summed E-state index contributed by atoms with van der Waals surface area (Å²) in [5.74, 6) is -2.00. The number of hydrogen-bond acceptors (Lipinski definition) is 5. The fraction of sp³-hybridized carbons (Fsp3) is 0.500. The summed E-state index contributed by atoms with van der Waals surface area (Å²) in [4.78, 5) is 33.1. The molecule has 0 bridgehead atoms. The van der Waals surface area contributed by atoms with Gasteiger partial charge in [-0.15, -0.1) is 0 Å². The topological polar surface area (TPSA) is 135 Å². The monoisotopic (exact) mass is 299 g/mol. The highest BCUT2D eigenvalue weighted by molar-refractivity contribution is 5.96. The lowest BCUT2D eigenvalue weighted by atomic mass is 10.2. The third-order valence-electron chi connectivity index (χ3n) is 2.81. The van der Waals surface area contributed by atoms with E-state index in [2.05, 4.69) is 5.32 Å². The summed E-state index contributed by atoms with van der Waals surface area (Å²) in [5, 5.41) is 30.7. The highest BCUT2D eigenvalue weighted by Gasteiger charge is 2.24. The molecule has 1 amide bonds. The van der Waals surface area contributed by atoms with Crippen LogP contribution in [0.5, 0.6) is 0 Å². The zero-order chi connectivity index (χ0) is 16.0. The van der Waals surface area contributed by atoms with Gasteiger partial charge in [-0.3, -0.25) is 14.9 Å². The number of aliphatic hydroxyl groups excluding tert-OH is 1. The molecular weight excluding hydrogens is 282 g/mol. The second-order valence-electron chi connectivity index (χ2n) is 4.41. The van der Waals surface area contributed by atoms with Crippen molar-refractivity contribution in [2.24, 2.45) is 0 Å². The number of aryl methyl sites for hydroxylation is 1. The lowest BCUT2D eigenvalue weighted by Crippen LogP contribution is -2.42. The summed E-state index contributed by atoms with van der Waals surface area (Å²) >= 11 is 0. The molecule has 1 atom stereocenters. The standard InChI is InChI=1S/C12H17N3O6/c1-2-4-14-7-8(15(20)21)6-10(14)11(17)13-9(3-5-16)12(18)19/h6-7,9,16H,2-5H2,1H3,(H,13,17)(H,18,19)/t9-/m1/s1. The summed E-state index contributed by atoms with van der Waals surface area (Å²) < 4.78 is 1.41. The van der Waals surface area contributed by atoms with Crippen LogP contribution >= 0.6 is 0 Å². The number of aliphatic hydroxyl groups is 1. The first-order valence-electron chi connectivity index (χ1n) is 6.39. The normalized spacial score (nSPS) is 11.9. The van der Waals surface area contributed by atoms with Gasteiger partial charge in [0.1, 0.15) is 11.7 Å². The molecule has 0 saturated heterocycles. The van der Waals surface area contributed by atoms with Crippen molar-refractivity contribution in [3.8, 4) is 0 Å². The highest BCUT2D eigenvalue weighted by Crippen LogP contribution is 2.17. The molecule has 1 rings (SSSR count). The number of carboxylic acids is 1. The Morgan fingerprint density at radius 3 is 2.67 bits per heavy atom. The molecule has 1 aromatic rings. The molecule has 0 aliphatic rings. The Morgan fingerprint density at radius 2 is 2.19 bits per heavy atom. The van der Waals surface area contributed by atoms with Gasteiger partial charge in [0, 0.05) is 25.6 Å². The second kappa shape index (κ2) is 7.39. The molecule has 1 heterocycles. The largest absolute Gasteiger partial charge is 0.480 e. The predicted molar refractivity (Wildman–Crippen MR) is 72.0 cm³/mol. The van der Waals surface area contributed by atoms with Crippen molar-refractivity contribution in [3.05, 3.63) is 28.1 Å². The zero-order valence-corrected chi connectivity index (χ0v) is 11.5. The molecule has 0 unspecified atom stereocenters. The number of amides is 1. The van der Waals surface area contributed by atoms with E-state index in [9.17, 15) is 19.7 Å². The fourth-order valence-electron chi connectivity index (χ4n) is 1.83. The Morgan fingerprint density at radius 1 is 1.52 bits per heavy atom. The minimum absolute atomic E-state index is 0.0211. The van der Waals surface area contributed by atoms with Gasteiger partial charge in [-0.1, -0.05) is 6.92 Å². The molecule has 0 aromatic carbocycles. The maximum Gasteiger partial charge on any atom is 0.326 e. The molecule has 0 spiro atoms. The van der Waals surface area contributed by atoms with Gasteiger partial charge >= 0.3 is 5.97 Å². The average Bonchev–Trinajstić information content (AvgIpc) is 2.82. The van der Waals surface area contributed by atoms with Gasteiger partial charge in [-0.25, -0.2) is 4.79 Å². The number of aliphatic carboxylic acids is 1. The maximum atomic E-state index is 12.1. The van der Waals surface area contributed by atoms with Crippen molar-refractivity contribution in [1.82, 2.24) is 9.88 Å². The molecule has 0 aliphatic carbocycles. The Bertz CT molecular complexity index is 539. The summed E-state index contributed by atoms with van der Waals surface area (Å²) in [6, 6.07) is -0.144. The third kappa shape index (κ3) is 4.28. The first-order chi connectivity index (χ1) is 9.90. The first kappa shape index (κ1) is 16.6. The zero-order valence-electron chi connectivity index (χ0n) is 11.5. The molecule has 1 aromatic heterocycles. The number of carbonyl (C=O) groups excluding carboxylic acids is 1. The van der Waals surface area contributed by atoms with Crippen LogP contribution in [0, 0.1) is 10.1 Å². The van der Waals surface area contributed by atoms with E-state index in [-0.39, 0.29) is 17.8 Å². The van der Waals surface area contributed by atoms with E-state index >= 15 is 0 Å². The molecule has 116 valence electrons. The molecule has 3 N–H and O–H groups in total. The number of aromatic nitrogens is 1. The molecule has 0 saturated carbocycles. The van der Waals surface area contributed by atoms with E-state index in [0.717, 1.165) is 6.07 Å². The van der Waals surface area contributed by atoms with Crippen molar-refractivity contribution >= 4 is 17.6 Å². The van der Waals surface area contributed by atoms with E-state index in [1.165, 1.54) is 10.8 Å². The fourth-order valence-corrected chi connectivity index (χ4v) is 1.83. The Balaban J connectivity index is 2.99. The predicted octanol–water partition coefficient (Wildman–Crippen LogP) is 0.372. The van der Waals surface area contributed by atoms with E-state index in [4.69, 9.17) is 10.2 Å². The minimum atomic E-state index is -1.28. The molecular formula is C12H17N3O6. The highest BCUT2D eigenvalue weighted by atomic mass is 16.6.